The number of anilines is 1. The van der Waals surface area contributed by atoms with Gasteiger partial charge in [0.05, 0.1) is 12.8 Å². The monoisotopic (exact) mass is 283 g/mol. The molecule has 0 radical (unpaired) electrons. The summed E-state index contributed by atoms with van der Waals surface area (Å²) < 4.78 is 4.78. The third kappa shape index (κ3) is 2.90. The Morgan fingerprint density at radius 3 is 2.84 bits per heavy atom. The van der Waals surface area contributed by atoms with Crippen molar-refractivity contribution >= 4 is 22.4 Å². The van der Waals surface area contributed by atoms with Crippen LogP contribution in [0.5, 0.6) is 0 Å². The average Bonchev–Trinajstić information content (AvgIpc) is 2.80. The predicted octanol–water partition coefficient (Wildman–Crippen LogP) is 1.77. The molecule has 1 aliphatic heterocycles. The third-order valence-corrected chi connectivity index (χ3v) is 4.80. The Kier molecular flexibility index (Phi) is 4.42. The van der Waals surface area contributed by atoms with Gasteiger partial charge < -0.3 is 9.64 Å². The number of rotatable bonds is 3. The van der Waals surface area contributed by atoms with Crippen LogP contribution in [0, 0.1) is 6.92 Å². The van der Waals surface area contributed by atoms with Crippen LogP contribution in [-0.4, -0.2) is 55.2 Å². The fraction of sp³-hybridized carbons (Fsp3) is 0.692. The van der Waals surface area contributed by atoms with Crippen LogP contribution in [0.3, 0.4) is 0 Å². The number of nitrogens with zero attached hydrogens (tertiary/aromatic N) is 3. The highest BCUT2D eigenvalue weighted by molar-refractivity contribution is 7.17. The molecule has 1 aliphatic rings. The topological polar surface area (TPSA) is 45.7 Å². The number of esters is 1. The van der Waals surface area contributed by atoms with E-state index in [-0.39, 0.29) is 5.97 Å². The first-order valence-corrected chi connectivity index (χ1v) is 7.43. The number of aryl methyl sites for hydroxylation is 1. The van der Waals surface area contributed by atoms with E-state index in [1.54, 1.807) is 0 Å². The first-order chi connectivity index (χ1) is 9.06. The van der Waals surface area contributed by atoms with Gasteiger partial charge in [-0.05, 0) is 20.4 Å². The summed E-state index contributed by atoms with van der Waals surface area (Å²) in [5.41, 5.74) is 0.762. The molecule has 1 aromatic rings. The van der Waals surface area contributed by atoms with E-state index in [9.17, 15) is 4.79 Å². The highest BCUT2D eigenvalue weighted by Crippen LogP contribution is 2.28. The van der Waals surface area contributed by atoms with Crippen LogP contribution in [0.4, 0.5) is 5.13 Å². The van der Waals surface area contributed by atoms with E-state index in [1.165, 1.54) is 18.4 Å². The van der Waals surface area contributed by atoms with Gasteiger partial charge in [-0.1, -0.05) is 18.3 Å². The van der Waals surface area contributed by atoms with Crippen molar-refractivity contribution in [2.24, 2.45) is 0 Å². The molecule has 0 spiro atoms. The van der Waals surface area contributed by atoms with Crippen LogP contribution in [0.25, 0.3) is 0 Å². The molecule has 0 amide bonds. The van der Waals surface area contributed by atoms with Crippen LogP contribution >= 0.6 is 11.3 Å². The largest absolute Gasteiger partial charge is 0.465 e. The maximum absolute atomic E-state index is 11.6. The minimum Gasteiger partial charge on any atom is -0.465 e. The van der Waals surface area contributed by atoms with Gasteiger partial charge in [-0.2, -0.15) is 0 Å². The van der Waals surface area contributed by atoms with Gasteiger partial charge in [0, 0.05) is 25.7 Å². The highest BCUT2D eigenvalue weighted by Gasteiger charge is 2.26. The molecule has 106 valence electrons. The predicted molar refractivity (Wildman–Crippen MR) is 77.1 cm³/mol. The van der Waals surface area contributed by atoms with Gasteiger partial charge in [0.15, 0.2) is 5.13 Å². The zero-order valence-electron chi connectivity index (χ0n) is 12.0. The minimum absolute atomic E-state index is 0.290. The summed E-state index contributed by atoms with van der Waals surface area (Å²) in [4.78, 5) is 21.5. The van der Waals surface area contributed by atoms with Crippen LogP contribution in [-0.2, 0) is 4.74 Å². The quantitative estimate of drug-likeness (QED) is 0.791. The van der Waals surface area contributed by atoms with Crippen molar-refractivity contribution in [3.05, 3.63) is 10.6 Å². The normalized spacial score (nSPS) is 20.6. The number of ether oxygens (including phenoxy) is 1. The van der Waals surface area contributed by atoms with Crippen LogP contribution in [0.2, 0.25) is 0 Å². The number of methoxy groups -OCH3 is 1. The Morgan fingerprint density at radius 2 is 2.26 bits per heavy atom. The van der Waals surface area contributed by atoms with E-state index in [4.69, 9.17) is 4.74 Å². The molecule has 5 nitrogen and oxygen atoms in total. The molecule has 0 N–H and O–H groups in total. The summed E-state index contributed by atoms with van der Waals surface area (Å²) in [6.45, 7) is 10.3. The highest BCUT2D eigenvalue weighted by atomic mass is 32.1. The van der Waals surface area contributed by atoms with E-state index < -0.39 is 0 Å². The first-order valence-electron chi connectivity index (χ1n) is 6.61. The van der Waals surface area contributed by atoms with E-state index in [2.05, 4.69) is 28.6 Å². The molecule has 0 aliphatic carbocycles. The summed E-state index contributed by atoms with van der Waals surface area (Å²) in [5.74, 6) is -0.290. The van der Waals surface area contributed by atoms with Gasteiger partial charge >= 0.3 is 5.97 Å². The maximum Gasteiger partial charge on any atom is 0.350 e. The molecule has 0 aromatic carbocycles. The second-order valence-electron chi connectivity index (χ2n) is 4.83. The van der Waals surface area contributed by atoms with Crippen molar-refractivity contribution in [2.45, 2.75) is 26.8 Å². The van der Waals surface area contributed by atoms with E-state index in [0.29, 0.717) is 10.9 Å². The average molecular weight is 283 g/mol. The van der Waals surface area contributed by atoms with Gasteiger partial charge in [0.2, 0.25) is 0 Å². The van der Waals surface area contributed by atoms with Crippen LogP contribution < -0.4 is 4.90 Å². The fourth-order valence-corrected chi connectivity index (χ4v) is 3.46. The van der Waals surface area contributed by atoms with Crippen molar-refractivity contribution in [2.75, 3.05) is 38.2 Å². The third-order valence-electron chi connectivity index (χ3n) is 3.60. The standard InChI is InChI=1S/C13H21N3O2S/c1-5-15-6-7-16(8-9(15)2)13-14-10(3)11(19-13)12(17)18-4/h9H,5-8H2,1-4H3. The molecular formula is C13H21N3O2S. The zero-order valence-corrected chi connectivity index (χ0v) is 12.8. The smallest absolute Gasteiger partial charge is 0.350 e. The number of likely N-dealkylation sites (N-methyl/N-ethyl adjacent to an activating group) is 1. The second kappa shape index (κ2) is 5.88. The number of hydrogen-bond donors (Lipinski definition) is 0. The van der Waals surface area contributed by atoms with Gasteiger partial charge in [0.1, 0.15) is 4.88 Å². The summed E-state index contributed by atoms with van der Waals surface area (Å²) in [7, 11) is 1.41. The van der Waals surface area contributed by atoms with Crippen molar-refractivity contribution in [1.29, 1.82) is 0 Å². The molecule has 0 bridgehead atoms. The molecule has 0 saturated carbocycles. The van der Waals surface area contributed by atoms with Crippen LogP contribution in [0.1, 0.15) is 29.2 Å². The lowest BCUT2D eigenvalue weighted by Gasteiger charge is -2.39. The summed E-state index contributed by atoms with van der Waals surface area (Å²) in [5, 5.41) is 0.931. The Labute approximate surface area is 118 Å². The number of aromatic nitrogens is 1. The Balaban J connectivity index is 2.13. The van der Waals surface area contributed by atoms with E-state index in [0.717, 1.165) is 37.0 Å². The molecular weight excluding hydrogens is 262 g/mol. The Bertz CT molecular complexity index is 461. The van der Waals surface area contributed by atoms with Crippen molar-refractivity contribution in [3.63, 3.8) is 0 Å². The zero-order chi connectivity index (χ0) is 14.0. The number of carbonyl (C=O) groups excluding carboxylic acids is 1. The summed E-state index contributed by atoms with van der Waals surface area (Å²) in [6.07, 6.45) is 0. The number of piperazine rings is 1. The molecule has 1 aromatic heterocycles. The fourth-order valence-electron chi connectivity index (χ4n) is 2.44. The molecule has 1 fully saturated rings. The van der Waals surface area contributed by atoms with Gasteiger partial charge in [-0.3, -0.25) is 4.90 Å². The van der Waals surface area contributed by atoms with Crippen molar-refractivity contribution in [3.8, 4) is 0 Å². The minimum atomic E-state index is -0.290. The SMILES string of the molecule is CCN1CCN(c2nc(C)c(C(=O)OC)s2)CC1C. The molecule has 2 heterocycles. The molecule has 2 rings (SSSR count). The van der Waals surface area contributed by atoms with Gasteiger partial charge in [-0.15, -0.1) is 0 Å². The lowest BCUT2D eigenvalue weighted by atomic mass is 10.2. The lowest BCUT2D eigenvalue weighted by molar-refractivity contribution is 0.0605. The van der Waals surface area contributed by atoms with E-state index >= 15 is 0 Å². The molecule has 19 heavy (non-hydrogen) atoms. The van der Waals surface area contributed by atoms with Gasteiger partial charge in [0.25, 0.3) is 0 Å². The Hall–Kier alpha value is -1.14. The van der Waals surface area contributed by atoms with Crippen molar-refractivity contribution < 1.29 is 9.53 Å². The second-order valence-corrected chi connectivity index (χ2v) is 5.80. The van der Waals surface area contributed by atoms with Crippen molar-refractivity contribution in [1.82, 2.24) is 9.88 Å². The molecule has 1 unspecified atom stereocenters. The number of hydrogen-bond acceptors (Lipinski definition) is 6. The maximum atomic E-state index is 11.6. The molecule has 6 heteroatoms. The number of thiazole rings is 1. The number of carbonyl (C=O) groups is 1. The molecule has 1 atom stereocenters. The first kappa shape index (κ1) is 14.3. The van der Waals surface area contributed by atoms with Crippen LogP contribution in [0.15, 0.2) is 0 Å². The molecule has 1 saturated heterocycles. The lowest BCUT2D eigenvalue weighted by Crippen LogP contribution is -2.51. The Morgan fingerprint density at radius 1 is 1.53 bits per heavy atom. The summed E-state index contributed by atoms with van der Waals surface area (Å²) >= 11 is 1.43. The van der Waals surface area contributed by atoms with Gasteiger partial charge in [-0.25, -0.2) is 9.78 Å². The summed E-state index contributed by atoms with van der Waals surface area (Å²) in [6, 6.07) is 0.518. The van der Waals surface area contributed by atoms with E-state index in [1.807, 2.05) is 6.92 Å².